The largest absolute Gasteiger partial charge is 0.370 e. The molecule has 0 aliphatic rings. The summed E-state index contributed by atoms with van der Waals surface area (Å²) < 4.78 is 25.0. The first kappa shape index (κ1) is 25.2. The molecule has 0 saturated heterocycles. The predicted octanol–water partition coefficient (Wildman–Crippen LogP) is 3.98. The van der Waals surface area contributed by atoms with Crippen molar-refractivity contribution in [2.75, 3.05) is 5.75 Å². The molecule has 150 valence electrons. The lowest BCUT2D eigenvalue weighted by molar-refractivity contribution is 0.493. The van der Waals surface area contributed by atoms with Crippen LogP contribution in [0.5, 0.6) is 0 Å². The van der Waals surface area contributed by atoms with Gasteiger partial charge in [0.05, 0.1) is 16.7 Å². The molecule has 0 aliphatic carbocycles. The van der Waals surface area contributed by atoms with E-state index in [2.05, 4.69) is 31.1 Å². The molecule has 0 radical (unpaired) electrons. The van der Waals surface area contributed by atoms with Gasteiger partial charge in [-0.3, -0.25) is 0 Å². The third-order valence-corrected chi connectivity index (χ3v) is 5.93. The number of sulfone groups is 1. The minimum Gasteiger partial charge on any atom is -0.370 e. The third-order valence-electron chi connectivity index (χ3n) is 4.12. The van der Waals surface area contributed by atoms with Crippen molar-refractivity contribution in [1.29, 1.82) is 0 Å². The topological polar surface area (TPSA) is 84.5 Å². The van der Waals surface area contributed by atoms with E-state index in [9.17, 15) is 8.42 Å². The second-order valence-corrected chi connectivity index (χ2v) is 9.08. The van der Waals surface area contributed by atoms with Gasteiger partial charge in [-0.15, -0.1) is 24.0 Å². The number of nitrogens with two attached hydrogens (primary N) is 1. The Morgan fingerprint density at radius 2 is 1.77 bits per heavy atom. The van der Waals surface area contributed by atoms with Crippen LogP contribution in [0.2, 0.25) is 0 Å². The first-order valence-electron chi connectivity index (χ1n) is 9.12. The molecule has 0 amide bonds. The number of nitrogens with zero attached hydrogens (tertiary/aromatic N) is 1. The summed E-state index contributed by atoms with van der Waals surface area (Å²) in [5, 5.41) is 3.18. The molecular weight excluding hydrogens is 461 g/mol. The van der Waals surface area contributed by atoms with Crippen LogP contribution in [0.15, 0.2) is 40.2 Å². The molecule has 0 spiro atoms. The molecule has 0 fully saturated rings. The number of aliphatic imine (C=N–C) groups is 1. The summed E-state index contributed by atoms with van der Waals surface area (Å²) >= 11 is 0. The minimum absolute atomic E-state index is 0. The van der Waals surface area contributed by atoms with Gasteiger partial charge in [-0.05, 0) is 37.8 Å². The summed E-state index contributed by atoms with van der Waals surface area (Å²) in [7, 11) is -3.36. The summed E-state index contributed by atoms with van der Waals surface area (Å²) in [6.45, 7) is 8.43. The Kier molecular flexibility index (Phi) is 12.1. The highest BCUT2D eigenvalue weighted by atomic mass is 127. The Morgan fingerprint density at radius 3 is 2.31 bits per heavy atom. The van der Waals surface area contributed by atoms with Gasteiger partial charge in [0.1, 0.15) is 0 Å². The number of guanidine groups is 1. The number of hydrogen-bond donors (Lipinski definition) is 2. The first-order valence-corrected chi connectivity index (χ1v) is 10.8. The van der Waals surface area contributed by atoms with E-state index in [0.29, 0.717) is 23.2 Å². The molecule has 0 saturated carbocycles. The van der Waals surface area contributed by atoms with Crippen LogP contribution in [0.1, 0.15) is 53.4 Å². The van der Waals surface area contributed by atoms with Crippen molar-refractivity contribution in [2.45, 2.75) is 70.4 Å². The van der Waals surface area contributed by atoms with Crippen molar-refractivity contribution in [3.63, 3.8) is 0 Å². The maximum Gasteiger partial charge on any atom is 0.189 e. The van der Waals surface area contributed by atoms with Crippen LogP contribution in [0, 0.1) is 5.92 Å². The molecule has 5 nitrogen and oxygen atoms in total. The molecule has 1 aromatic carbocycles. The Bertz CT molecular complexity index is 633. The lowest BCUT2D eigenvalue weighted by Gasteiger charge is -2.17. The molecule has 0 aliphatic heterocycles. The van der Waals surface area contributed by atoms with Gasteiger partial charge in [-0.25, -0.2) is 13.4 Å². The van der Waals surface area contributed by atoms with Crippen molar-refractivity contribution < 1.29 is 8.42 Å². The molecular formula is C19H34IN3O2S. The Balaban J connectivity index is 0.00000625. The van der Waals surface area contributed by atoms with Gasteiger partial charge < -0.3 is 11.1 Å². The lowest BCUT2D eigenvalue weighted by Crippen LogP contribution is -2.39. The number of hydrogen-bond acceptors (Lipinski definition) is 3. The van der Waals surface area contributed by atoms with Crippen LogP contribution >= 0.6 is 24.0 Å². The molecule has 0 aromatic heterocycles. The second kappa shape index (κ2) is 12.5. The van der Waals surface area contributed by atoms with E-state index in [1.807, 2.05) is 6.92 Å². The normalized spacial score (nSPS) is 14.6. The Labute approximate surface area is 176 Å². The average Bonchev–Trinajstić information content (AvgIpc) is 2.54. The lowest BCUT2D eigenvalue weighted by atomic mass is 10.0. The number of nitrogens with one attached hydrogen (secondary N) is 1. The molecule has 0 bridgehead atoms. The van der Waals surface area contributed by atoms with E-state index in [0.717, 1.165) is 12.8 Å². The monoisotopic (exact) mass is 495 g/mol. The zero-order chi connectivity index (χ0) is 18.9. The highest BCUT2D eigenvalue weighted by molar-refractivity contribution is 14.0. The Hall–Kier alpha value is -0.830. The summed E-state index contributed by atoms with van der Waals surface area (Å²) in [4.78, 5) is 4.72. The zero-order valence-corrected chi connectivity index (χ0v) is 19.5. The molecule has 3 N–H and O–H groups in total. The molecule has 2 unspecified atom stereocenters. The summed E-state index contributed by atoms with van der Waals surface area (Å²) in [6.07, 6.45) is 3.97. The van der Waals surface area contributed by atoms with Gasteiger partial charge in [0, 0.05) is 6.04 Å². The summed E-state index contributed by atoms with van der Waals surface area (Å²) in [5.41, 5.74) is 5.98. The maximum atomic E-state index is 12.5. The number of halogens is 1. The van der Waals surface area contributed by atoms with Gasteiger partial charge in [0.25, 0.3) is 0 Å². The van der Waals surface area contributed by atoms with Crippen LogP contribution in [0.4, 0.5) is 0 Å². The van der Waals surface area contributed by atoms with E-state index in [-0.39, 0.29) is 41.8 Å². The molecule has 2 atom stereocenters. The first-order chi connectivity index (χ1) is 11.7. The summed E-state index contributed by atoms with van der Waals surface area (Å²) in [5.74, 6) is 0.996. The molecule has 1 aromatic rings. The number of benzene rings is 1. The van der Waals surface area contributed by atoms with Gasteiger partial charge in [-0.2, -0.15) is 0 Å². The zero-order valence-electron chi connectivity index (χ0n) is 16.3. The van der Waals surface area contributed by atoms with Crippen LogP contribution in [-0.4, -0.2) is 32.2 Å². The smallest absolute Gasteiger partial charge is 0.189 e. The van der Waals surface area contributed by atoms with Crippen molar-refractivity contribution >= 4 is 39.8 Å². The van der Waals surface area contributed by atoms with Crippen molar-refractivity contribution in [3.8, 4) is 0 Å². The van der Waals surface area contributed by atoms with Gasteiger partial charge in [-0.1, -0.05) is 51.8 Å². The van der Waals surface area contributed by atoms with E-state index in [4.69, 9.17) is 5.73 Å². The highest BCUT2D eigenvalue weighted by Gasteiger charge is 2.20. The minimum atomic E-state index is -3.36. The Morgan fingerprint density at radius 1 is 1.15 bits per heavy atom. The van der Waals surface area contributed by atoms with Crippen molar-refractivity contribution in [3.05, 3.63) is 30.3 Å². The van der Waals surface area contributed by atoms with Crippen LogP contribution in [0.25, 0.3) is 0 Å². The molecule has 7 heteroatoms. The third kappa shape index (κ3) is 9.75. The van der Waals surface area contributed by atoms with Crippen molar-refractivity contribution in [2.24, 2.45) is 16.6 Å². The quantitative estimate of drug-likeness (QED) is 0.292. The van der Waals surface area contributed by atoms with Gasteiger partial charge >= 0.3 is 0 Å². The standard InChI is InChI=1S/C19H33N3O2S.HI/c1-5-17(14-25(23,24)18-12-7-6-8-13-18)22-19(20)21-16(4)11-9-10-15(2)3;/h6-8,12-13,15-17H,5,9-11,14H2,1-4H3,(H3,20,21,22);1H. The predicted molar refractivity (Wildman–Crippen MR) is 121 cm³/mol. The average molecular weight is 495 g/mol. The number of rotatable bonds is 10. The highest BCUT2D eigenvalue weighted by Crippen LogP contribution is 2.14. The van der Waals surface area contributed by atoms with E-state index < -0.39 is 9.84 Å². The molecule has 0 heterocycles. The fraction of sp³-hybridized carbons (Fsp3) is 0.632. The molecule has 1 rings (SSSR count). The maximum absolute atomic E-state index is 12.5. The summed E-state index contributed by atoms with van der Waals surface area (Å²) in [6, 6.07) is 8.37. The fourth-order valence-corrected chi connectivity index (χ4v) is 4.20. The van der Waals surface area contributed by atoms with Crippen LogP contribution < -0.4 is 11.1 Å². The van der Waals surface area contributed by atoms with E-state index in [1.165, 1.54) is 6.42 Å². The van der Waals surface area contributed by atoms with Gasteiger partial charge in [0.15, 0.2) is 15.8 Å². The van der Waals surface area contributed by atoms with E-state index in [1.54, 1.807) is 30.3 Å². The second-order valence-electron chi connectivity index (χ2n) is 7.04. The van der Waals surface area contributed by atoms with Crippen LogP contribution in [-0.2, 0) is 9.84 Å². The van der Waals surface area contributed by atoms with Crippen molar-refractivity contribution in [1.82, 2.24) is 5.32 Å². The van der Waals surface area contributed by atoms with Gasteiger partial charge in [0.2, 0.25) is 0 Å². The SMILES string of the molecule is CCC(CS(=O)(=O)c1ccccc1)N=C(N)NC(C)CCCC(C)C.I. The molecule has 26 heavy (non-hydrogen) atoms. The van der Waals surface area contributed by atoms with E-state index >= 15 is 0 Å². The van der Waals surface area contributed by atoms with Crippen LogP contribution in [0.3, 0.4) is 0 Å². The fourth-order valence-electron chi connectivity index (χ4n) is 2.61.